The van der Waals surface area contributed by atoms with Crippen LogP contribution >= 0.6 is 0 Å². The van der Waals surface area contributed by atoms with Crippen LogP contribution in [0.25, 0.3) is 0 Å². The van der Waals surface area contributed by atoms with Crippen LogP contribution < -0.4 is 11.2 Å². The van der Waals surface area contributed by atoms with Crippen molar-refractivity contribution in [3.8, 4) is 0 Å². The van der Waals surface area contributed by atoms with Crippen LogP contribution in [0.2, 0.25) is 0 Å². The van der Waals surface area contributed by atoms with Gasteiger partial charge in [0, 0.05) is 12.6 Å². The van der Waals surface area contributed by atoms with E-state index in [4.69, 9.17) is 9.84 Å². The highest BCUT2D eigenvalue weighted by Gasteiger charge is 2.74. The topological polar surface area (TPSA) is 105 Å². The number of alkyl halides is 7. The Balaban J connectivity index is 2.56. The molecule has 1 aliphatic heterocycles. The zero-order valence-corrected chi connectivity index (χ0v) is 12.4. The SMILES string of the molecule is O=c1[nH]c(=O)n(C2CC(O)C(CO)O2)cc1C(F)(F)C(F)(F)C(F)(F)F. The zero-order valence-electron chi connectivity index (χ0n) is 12.4. The quantitative estimate of drug-likeness (QED) is 0.642. The van der Waals surface area contributed by atoms with Gasteiger partial charge in [-0.3, -0.25) is 14.3 Å². The zero-order chi connectivity index (χ0) is 20.1. The van der Waals surface area contributed by atoms with Crippen LogP contribution in [0.4, 0.5) is 30.7 Å². The van der Waals surface area contributed by atoms with Gasteiger partial charge >= 0.3 is 23.7 Å². The number of aliphatic hydroxyl groups excluding tert-OH is 2. The minimum atomic E-state index is -6.67. The van der Waals surface area contributed by atoms with Gasteiger partial charge in [0.05, 0.1) is 12.7 Å². The summed E-state index contributed by atoms with van der Waals surface area (Å²) in [4.78, 5) is 24.3. The molecule has 1 saturated heterocycles. The summed E-state index contributed by atoms with van der Waals surface area (Å²) in [5.41, 5.74) is -5.90. The summed E-state index contributed by atoms with van der Waals surface area (Å²) in [6.45, 7) is -0.745. The van der Waals surface area contributed by atoms with Crippen molar-refractivity contribution in [2.45, 2.75) is 42.9 Å². The molecule has 26 heavy (non-hydrogen) atoms. The van der Waals surface area contributed by atoms with Gasteiger partial charge in [-0.2, -0.15) is 30.7 Å². The third kappa shape index (κ3) is 3.12. The summed E-state index contributed by atoms with van der Waals surface area (Å²) < 4.78 is 95.7. The number of hydrogen-bond acceptors (Lipinski definition) is 5. The largest absolute Gasteiger partial charge is 0.460 e. The Morgan fingerprint density at radius 3 is 2.23 bits per heavy atom. The van der Waals surface area contributed by atoms with E-state index >= 15 is 0 Å². The number of nitrogens with zero attached hydrogens (tertiary/aromatic N) is 1. The van der Waals surface area contributed by atoms with Crippen LogP contribution in [0, 0.1) is 0 Å². The van der Waals surface area contributed by atoms with E-state index in [9.17, 15) is 45.4 Å². The highest BCUT2D eigenvalue weighted by molar-refractivity contribution is 5.18. The first kappa shape index (κ1) is 20.4. The molecule has 148 valence electrons. The van der Waals surface area contributed by atoms with E-state index in [0.29, 0.717) is 0 Å². The molecule has 3 unspecified atom stereocenters. The Kier molecular flexibility index (Phi) is 4.98. The Bertz CT molecular complexity index is 787. The van der Waals surface area contributed by atoms with E-state index < -0.39 is 66.3 Å². The summed E-state index contributed by atoms with van der Waals surface area (Å²) in [6, 6.07) is 0. The van der Waals surface area contributed by atoms with Crippen LogP contribution in [0.15, 0.2) is 15.8 Å². The lowest BCUT2D eigenvalue weighted by molar-refractivity contribution is -0.360. The molecule has 2 rings (SSSR count). The van der Waals surface area contributed by atoms with E-state index in [1.54, 1.807) is 0 Å². The molecular formula is C12H11F7N2O5. The molecule has 0 aliphatic carbocycles. The van der Waals surface area contributed by atoms with Crippen LogP contribution in [0.1, 0.15) is 18.2 Å². The molecule has 2 heterocycles. The first-order valence-electron chi connectivity index (χ1n) is 6.86. The van der Waals surface area contributed by atoms with Gasteiger partial charge in [-0.25, -0.2) is 4.79 Å². The summed E-state index contributed by atoms with van der Waals surface area (Å²) >= 11 is 0. The predicted molar refractivity (Wildman–Crippen MR) is 67.8 cm³/mol. The summed E-state index contributed by atoms with van der Waals surface area (Å²) in [5.74, 6) is -12.6. The molecular weight excluding hydrogens is 385 g/mol. The van der Waals surface area contributed by atoms with Crippen molar-refractivity contribution in [3.63, 3.8) is 0 Å². The second-order valence-electron chi connectivity index (χ2n) is 5.47. The molecule has 0 amide bonds. The first-order valence-corrected chi connectivity index (χ1v) is 6.86. The molecule has 0 bridgehead atoms. The summed E-state index contributed by atoms with van der Waals surface area (Å²) in [7, 11) is 0. The van der Waals surface area contributed by atoms with Gasteiger partial charge in [-0.05, 0) is 0 Å². The second-order valence-corrected chi connectivity index (χ2v) is 5.47. The van der Waals surface area contributed by atoms with E-state index in [2.05, 4.69) is 0 Å². The maximum atomic E-state index is 13.8. The fourth-order valence-electron chi connectivity index (χ4n) is 2.32. The highest BCUT2D eigenvalue weighted by Crippen LogP contribution is 2.50. The van der Waals surface area contributed by atoms with Gasteiger partial charge in [-0.15, -0.1) is 0 Å². The maximum Gasteiger partial charge on any atom is 0.460 e. The van der Waals surface area contributed by atoms with Gasteiger partial charge in [0.1, 0.15) is 17.9 Å². The molecule has 1 aliphatic rings. The minimum absolute atomic E-state index is 0.135. The van der Waals surface area contributed by atoms with E-state index in [1.807, 2.05) is 0 Å². The van der Waals surface area contributed by atoms with E-state index in [0.717, 1.165) is 0 Å². The Morgan fingerprint density at radius 1 is 1.19 bits per heavy atom. The molecule has 0 aromatic carbocycles. The second kappa shape index (κ2) is 6.35. The monoisotopic (exact) mass is 396 g/mol. The number of hydrogen-bond donors (Lipinski definition) is 3. The number of aliphatic hydroxyl groups is 2. The van der Waals surface area contributed by atoms with Crippen molar-refractivity contribution in [1.29, 1.82) is 0 Å². The van der Waals surface area contributed by atoms with E-state index in [1.165, 1.54) is 4.98 Å². The fourth-order valence-corrected chi connectivity index (χ4v) is 2.32. The van der Waals surface area contributed by atoms with Crippen molar-refractivity contribution >= 4 is 0 Å². The predicted octanol–water partition coefficient (Wildman–Crippen LogP) is 0.467. The number of halogens is 7. The Morgan fingerprint density at radius 2 is 1.77 bits per heavy atom. The van der Waals surface area contributed by atoms with Gasteiger partial charge in [0.15, 0.2) is 0 Å². The highest BCUT2D eigenvalue weighted by atomic mass is 19.4. The number of ether oxygens (including phenoxy) is 1. The van der Waals surface area contributed by atoms with Crippen molar-refractivity contribution in [3.05, 3.63) is 32.6 Å². The van der Waals surface area contributed by atoms with Gasteiger partial charge < -0.3 is 14.9 Å². The lowest BCUT2D eigenvalue weighted by Crippen LogP contribution is -2.53. The van der Waals surface area contributed by atoms with Crippen LogP contribution in [-0.2, 0) is 10.7 Å². The standard InChI is InChI=1S/C12H11F7N2O5/c13-10(14,11(15,16)12(17,18)19)4-2-21(9(25)20-8(4)24)7-1-5(23)6(3-22)26-7/h2,5-7,22-23H,1,3H2,(H,20,24,25). The first-order chi connectivity index (χ1) is 11.7. The lowest BCUT2D eigenvalue weighted by atomic mass is 10.0. The molecule has 3 N–H and O–H groups in total. The maximum absolute atomic E-state index is 13.8. The molecule has 7 nitrogen and oxygen atoms in total. The van der Waals surface area contributed by atoms with Crippen LogP contribution in [-0.4, -0.2) is 50.7 Å². The smallest absolute Gasteiger partial charge is 0.394 e. The van der Waals surface area contributed by atoms with Gasteiger partial charge in [0.25, 0.3) is 5.56 Å². The molecule has 1 aromatic heterocycles. The van der Waals surface area contributed by atoms with Crippen LogP contribution in [0.3, 0.4) is 0 Å². The number of H-pyrrole nitrogens is 1. The Labute approximate surface area is 138 Å². The molecule has 1 fully saturated rings. The van der Waals surface area contributed by atoms with Crippen molar-refractivity contribution in [2.75, 3.05) is 6.61 Å². The van der Waals surface area contributed by atoms with Crippen molar-refractivity contribution in [2.24, 2.45) is 0 Å². The molecule has 14 heteroatoms. The molecule has 3 atom stereocenters. The Hall–Kier alpha value is -1.93. The average Bonchev–Trinajstić information content (AvgIpc) is 2.86. The fraction of sp³-hybridized carbons (Fsp3) is 0.667. The summed E-state index contributed by atoms with van der Waals surface area (Å²) in [6.07, 6.45) is -11.5. The normalized spacial score (nSPS) is 24.9. The van der Waals surface area contributed by atoms with Crippen molar-refractivity contribution in [1.82, 2.24) is 9.55 Å². The number of rotatable bonds is 4. The lowest BCUT2D eigenvalue weighted by Gasteiger charge is -2.28. The minimum Gasteiger partial charge on any atom is -0.394 e. The number of nitrogens with one attached hydrogen (secondary N) is 1. The van der Waals surface area contributed by atoms with Crippen LogP contribution in [0.5, 0.6) is 0 Å². The molecule has 0 spiro atoms. The number of aromatic amines is 1. The molecule has 1 aromatic rings. The van der Waals surface area contributed by atoms with E-state index in [-0.39, 0.29) is 10.8 Å². The third-order valence-electron chi connectivity index (χ3n) is 3.75. The van der Waals surface area contributed by atoms with Crippen molar-refractivity contribution < 1.29 is 45.7 Å². The number of aromatic nitrogens is 2. The van der Waals surface area contributed by atoms with Gasteiger partial charge in [0.2, 0.25) is 0 Å². The average molecular weight is 396 g/mol. The van der Waals surface area contributed by atoms with Gasteiger partial charge in [-0.1, -0.05) is 0 Å². The summed E-state index contributed by atoms with van der Waals surface area (Å²) in [5, 5.41) is 18.5. The third-order valence-corrected chi connectivity index (χ3v) is 3.75. The molecule has 0 radical (unpaired) electrons. The molecule has 0 saturated carbocycles.